The molecule has 0 bridgehead atoms. The Balaban J connectivity index is 1.21. The number of carbonyl (C=O) groups is 2. The number of rotatable bonds is 11. The molecule has 3 aromatic carbocycles. The molecule has 2 saturated heterocycles. The van der Waals surface area contributed by atoms with Gasteiger partial charge in [0.05, 0.1) is 40.4 Å². The van der Waals surface area contributed by atoms with Crippen molar-refractivity contribution in [1.82, 2.24) is 15.1 Å². The minimum Gasteiger partial charge on any atom is -0.396 e. The maximum atomic E-state index is 13.8. The minimum absolute atomic E-state index is 0.00486. The number of carbonyl (C=O) groups excluding carboxylic acids is 2. The molecule has 0 unspecified atom stereocenters. The summed E-state index contributed by atoms with van der Waals surface area (Å²) in [6.45, 7) is 1.74. The van der Waals surface area contributed by atoms with Crippen LogP contribution in [0.15, 0.2) is 60.7 Å². The van der Waals surface area contributed by atoms with E-state index in [1.165, 1.54) is 16.0 Å². The molecule has 0 aromatic heterocycles. The summed E-state index contributed by atoms with van der Waals surface area (Å²) in [5.41, 5.74) is -2.50. The summed E-state index contributed by atoms with van der Waals surface area (Å²) < 4.78 is 94.7. The molecule has 8 nitrogen and oxygen atoms in total. The van der Waals surface area contributed by atoms with Crippen LogP contribution in [0, 0.1) is 0 Å². The second kappa shape index (κ2) is 16.6. The number of morpholine rings is 1. The van der Waals surface area contributed by atoms with Gasteiger partial charge in [0.15, 0.2) is 0 Å². The van der Waals surface area contributed by atoms with Gasteiger partial charge in [0.1, 0.15) is 12.2 Å². The van der Waals surface area contributed by atoms with E-state index >= 15 is 0 Å². The number of nitrogens with zero attached hydrogens (tertiary/aromatic N) is 2. The molecule has 6 rings (SSSR count). The summed E-state index contributed by atoms with van der Waals surface area (Å²) in [7, 11) is 0. The molecule has 3 aromatic rings. The Kier molecular flexibility index (Phi) is 12.4. The topological polar surface area (TPSA) is 91.3 Å². The summed E-state index contributed by atoms with van der Waals surface area (Å²) in [6, 6.07) is 13.9. The fraction of sp³-hybridized carbons (Fsp3) is 0.487. The molecule has 16 heteroatoms. The molecule has 1 spiro atoms. The average Bonchev–Trinajstić information content (AvgIpc) is 3.46. The van der Waals surface area contributed by atoms with Gasteiger partial charge in [0.2, 0.25) is 5.91 Å². The summed E-state index contributed by atoms with van der Waals surface area (Å²) in [5.74, 6) is -1.24. The average molecular weight is 817 g/mol. The molecule has 2 N–H and O–H groups in total. The molecule has 2 fully saturated rings. The Hall–Kier alpha value is -3.40. The first-order chi connectivity index (χ1) is 26.0. The third-order valence-electron chi connectivity index (χ3n) is 11.0. The van der Waals surface area contributed by atoms with Crippen molar-refractivity contribution in [2.75, 3.05) is 59.1 Å². The molecule has 0 radical (unpaired) electrons. The first-order valence-corrected chi connectivity index (χ1v) is 18.8. The van der Waals surface area contributed by atoms with E-state index in [1.54, 1.807) is 18.2 Å². The van der Waals surface area contributed by atoms with Crippen LogP contribution < -0.4 is 5.32 Å². The maximum Gasteiger partial charge on any atom is 0.416 e. The van der Waals surface area contributed by atoms with Crippen LogP contribution in [-0.2, 0) is 44.1 Å². The third kappa shape index (κ3) is 9.10. The number of halogens is 8. The first kappa shape index (κ1) is 41.2. The van der Waals surface area contributed by atoms with Crippen LogP contribution in [0.4, 0.5) is 26.3 Å². The van der Waals surface area contributed by atoms with Crippen molar-refractivity contribution in [3.63, 3.8) is 0 Å². The molecule has 2 heterocycles. The quantitative estimate of drug-likeness (QED) is 0.157. The van der Waals surface area contributed by atoms with Gasteiger partial charge in [-0.05, 0) is 92.2 Å². The molecule has 2 aliphatic heterocycles. The van der Waals surface area contributed by atoms with E-state index in [2.05, 4.69) is 22.3 Å². The number of nitrogens with one attached hydrogen (secondary N) is 1. The smallest absolute Gasteiger partial charge is 0.396 e. The maximum absolute atomic E-state index is 13.8. The molecule has 1 aliphatic carbocycles. The summed E-state index contributed by atoms with van der Waals surface area (Å²) >= 11 is 12.7. The summed E-state index contributed by atoms with van der Waals surface area (Å²) in [6.07, 6.45) is -7.58. The number of piperidine rings is 1. The van der Waals surface area contributed by atoms with Crippen molar-refractivity contribution >= 4 is 35.0 Å². The molecular weight excluding hydrogens is 775 g/mol. The molecule has 298 valence electrons. The van der Waals surface area contributed by atoms with Crippen LogP contribution >= 0.6 is 23.2 Å². The standard InChI is InChI=1S/C39H41Cl2F6N3O5/c40-31-7-6-27(22-32(31)41)37(24-50(15-17-55-37)35(53)26-18-28(38(42,43)44)21-29(19-26)39(45,46)47)10-14-49-12-8-36(9-13-49)30-5-2-1-4-25(30)20-33(36)54-23-34(52)48-11-3-16-51/h1-2,4-7,18-19,21-22,33,51H,3,8-17,20,23-24H2,(H,48,52)/t33-,37+/m0/s1. The third-order valence-corrected chi connectivity index (χ3v) is 11.7. The van der Waals surface area contributed by atoms with E-state index in [9.17, 15) is 35.9 Å². The van der Waals surface area contributed by atoms with Crippen molar-refractivity contribution in [2.45, 2.75) is 61.6 Å². The monoisotopic (exact) mass is 815 g/mol. The van der Waals surface area contributed by atoms with E-state index in [0.29, 0.717) is 63.1 Å². The first-order valence-electron chi connectivity index (χ1n) is 18.0. The zero-order chi connectivity index (χ0) is 39.6. The fourth-order valence-corrected chi connectivity index (χ4v) is 8.38. The van der Waals surface area contributed by atoms with Gasteiger partial charge in [-0.1, -0.05) is 53.5 Å². The van der Waals surface area contributed by atoms with Crippen LogP contribution in [-0.4, -0.2) is 91.9 Å². The zero-order valence-electron chi connectivity index (χ0n) is 29.7. The van der Waals surface area contributed by atoms with E-state index in [-0.39, 0.29) is 66.4 Å². The van der Waals surface area contributed by atoms with E-state index in [4.69, 9.17) is 37.8 Å². The summed E-state index contributed by atoms with van der Waals surface area (Å²) in [4.78, 5) is 29.7. The molecule has 0 saturated carbocycles. The lowest BCUT2D eigenvalue weighted by Gasteiger charge is -2.46. The molecular formula is C39H41Cl2F6N3O5. The lowest BCUT2D eigenvalue weighted by molar-refractivity contribution is -0.143. The van der Waals surface area contributed by atoms with Crippen molar-refractivity contribution in [3.05, 3.63) is 104 Å². The lowest BCUT2D eigenvalue weighted by atomic mass is 9.72. The van der Waals surface area contributed by atoms with Crippen LogP contribution in [0.1, 0.15) is 63.9 Å². The highest BCUT2D eigenvalue weighted by Gasteiger charge is 2.50. The Morgan fingerprint density at radius 2 is 1.62 bits per heavy atom. The normalized spacial score (nSPS) is 21.5. The Labute approximate surface area is 324 Å². The second-order valence-corrected chi connectivity index (χ2v) is 15.1. The number of ether oxygens (including phenoxy) is 2. The number of aliphatic hydroxyl groups is 1. The van der Waals surface area contributed by atoms with Crippen molar-refractivity contribution in [3.8, 4) is 0 Å². The molecule has 3 aliphatic rings. The zero-order valence-corrected chi connectivity index (χ0v) is 31.3. The Bertz CT molecular complexity index is 1840. The number of amides is 2. The van der Waals surface area contributed by atoms with Crippen LogP contribution in [0.3, 0.4) is 0 Å². The number of alkyl halides is 6. The number of benzene rings is 3. The number of likely N-dealkylation sites (tertiary alicyclic amines) is 1. The Morgan fingerprint density at radius 3 is 2.27 bits per heavy atom. The number of fused-ring (bicyclic) bond motifs is 2. The summed E-state index contributed by atoms with van der Waals surface area (Å²) in [5, 5.41) is 12.3. The lowest BCUT2D eigenvalue weighted by Crippen LogP contribution is -2.54. The van der Waals surface area contributed by atoms with Crippen molar-refractivity contribution in [2.24, 2.45) is 0 Å². The highest BCUT2D eigenvalue weighted by atomic mass is 35.5. The molecule has 2 amide bonds. The number of hydrogen-bond donors (Lipinski definition) is 2. The predicted molar refractivity (Wildman–Crippen MR) is 193 cm³/mol. The van der Waals surface area contributed by atoms with Crippen molar-refractivity contribution in [1.29, 1.82) is 0 Å². The van der Waals surface area contributed by atoms with Gasteiger partial charge in [0, 0.05) is 37.2 Å². The van der Waals surface area contributed by atoms with Crippen LogP contribution in [0.2, 0.25) is 10.0 Å². The second-order valence-electron chi connectivity index (χ2n) is 14.3. The number of hydrogen-bond acceptors (Lipinski definition) is 6. The van der Waals surface area contributed by atoms with Gasteiger partial charge >= 0.3 is 12.4 Å². The molecule has 55 heavy (non-hydrogen) atoms. The van der Waals surface area contributed by atoms with E-state index in [0.717, 1.165) is 12.8 Å². The van der Waals surface area contributed by atoms with Gasteiger partial charge < -0.3 is 29.7 Å². The van der Waals surface area contributed by atoms with Gasteiger partial charge in [-0.25, -0.2) is 0 Å². The molecule has 2 atom stereocenters. The Morgan fingerprint density at radius 1 is 0.927 bits per heavy atom. The highest BCUT2D eigenvalue weighted by Crippen LogP contribution is 2.48. The van der Waals surface area contributed by atoms with Gasteiger partial charge in [-0.3, -0.25) is 9.59 Å². The fourth-order valence-electron chi connectivity index (χ4n) is 8.08. The SMILES string of the molecule is O=C(CO[C@H]1Cc2ccccc2C12CCN(CC[C@]1(c3ccc(Cl)c(Cl)c3)CN(C(=O)c3cc(C(F)(F)F)cc(C(F)(F)F)c3)CCO1)CC2)NCCCO. The number of aliphatic hydroxyl groups excluding tert-OH is 1. The predicted octanol–water partition coefficient (Wildman–Crippen LogP) is 7.26. The van der Waals surface area contributed by atoms with Crippen LogP contribution in [0.25, 0.3) is 0 Å². The van der Waals surface area contributed by atoms with Gasteiger partial charge in [0.25, 0.3) is 5.91 Å². The van der Waals surface area contributed by atoms with Crippen LogP contribution in [0.5, 0.6) is 0 Å². The highest BCUT2D eigenvalue weighted by molar-refractivity contribution is 6.42. The van der Waals surface area contributed by atoms with Crippen molar-refractivity contribution < 1.29 is 50.5 Å². The van der Waals surface area contributed by atoms with E-state index in [1.807, 2.05) is 12.1 Å². The minimum atomic E-state index is -5.11. The van der Waals surface area contributed by atoms with Gasteiger partial charge in [-0.2, -0.15) is 26.3 Å². The van der Waals surface area contributed by atoms with E-state index < -0.39 is 40.6 Å². The largest absolute Gasteiger partial charge is 0.416 e. The van der Waals surface area contributed by atoms with Gasteiger partial charge in [-0.15, -0.1) is 0 Å².